The minimum Gasteiger partial charge on any atom is -0.496 e. The standard InChI is InChI=1S/C20H24N2O3/c1-5-19(23)22-17-10-8-15(9-11-17)14(3)21-20(24)16-7-6-13(2)18(12-16)25-4/h6-12,14H,5H2,1-4H3,(H,21,24)(H,22,23). The van der Waals surface area contributed by atoms with E-state index in [0.29, 0.717) is 17.7 Å². The van der Waals surface area contributed by atoms with E-state index in [0.717, 1.165) is 16.8 Å². The maximum absolute atomic E-state index is 12.4. The summed E-state index contributed by atoms with van der Waals surface area (Å²) >= 11 is 0. The lowest BCUT2D eigenvalue weighted by Gasteiger charge is -2.16. The maximum Gasteiger partial charge on any atom is 0.251 e. The van der Waals surface area contributed by atoms with Crippen LogP contribution in [0.1, 0.15) is 47.8 Å². The fourth-order valence-electron chi connectivity index (χ4n) is 2.43. The third kappa shape index (κ3) is 4.83. The van der Waals surface area contributed by atoms with Gasteiger partial charge in [0.25, 0.3) is 5.91 Å². The molecule has 0 heterocycles. The summed E-state index contributed by atoms with van der Waals surface area (Å²) in [6.45, 7) is 5.66. The summed E-state index contributed by atoms with van der Waals surface area (Å²) in [5.41, 5.74) is 3.25. The van der Waals surface area contributed by atoms with Crippen LogP contribution in [0, 0.1) is 6.92 Å². The van der Waals surface area contributed by atoms with Crippen molar-refractivity contribution in [2.45, 2.75) is 33.2 Å². The second-order valence-corrected chi connectivity index (χ2v) is 5.90. The van der Waals surface area contributed by atoms with Crippen LogP contribution in [-0.2, 0) is 4.79 Å². The Kier molecular flexibility index (Phi) is 6.17. The number of hydrogen-bond donors (Lipinski definition) is 2. The Hall–Kier alpha value is -2.82. The van der Waals surface area contributed by atoms with Gasteiger partial charge in [-0.25, -0.2) is 0 Å². The third-order valence-corrected chi connectivity index (χ3v) is 4.03. The highest BCUT2D eigenvalue weighted by Gasteiger charge is 2.13. The van der Waals surface area contributed by atoms with Crippen LogP contribution >= 0.6 is 0 Å². The molecule has 0 fully saturated rings. The molecule has 25 heavy (non-hydrogen) atoms. The summed E-state index contributed by atoms with van der Waals surface area (Å²) in [4.78, 5) is 23.8. The van der Waals surface area contributed by atoms with E-state index in [1.54, 1.807) is 26.2 Å². The van der Waals surface area contributed by atoms with Crippen LogP contribution in [0.4, 0.5) is 5.69 Å². The summed E-state index contributed by atoms with van der Waals surface area (Å²) in [6.07, 6.45) is 0.439. The number of nitrogens with one attached hydrogen (secondary N) is 2. The smallest absolute Gasteiger partial charge is 0.251 e. The fourth-order valence-corrected chi connectivity index (χ4v) is 2.43. The molecule has 2 rings (SSSR count). The first kappa shape index (κ1) is 18.5. The van der Waals surface area contributed by atoms with Crippen LogP contribution in [0.15, 0.2) is 42.5 Å². The normalized spacial score (nSPS) is 11.5. The van der Waals surface area contributed by atoms with E-state index in [-0.39, 0.29) is 17.9 Å². The number of carbonyl (C=O) groups excluding carboxylic acids is 2. The molecule has 2 amide bonds. The average Bonchev–Trinajstić information content (AvgIpc) is 2.62. The number of rotatable bonds is 6. The highest BCUT2D eigenvalue weighted by atomic mass is 16.5. The van der Waals surface area contributed by atoms with Crippen molar-refractivity contribution in [3.05, 3.63) is 59.2 Å². The summed E-state index contributed by atoms with van der Waals surface area (Å²) in [6, 6.07) is 12.7. The Labute approximate surface area is 148 Å². The second-order valence-electron chi connectivity index (χ2n) is 5.90. The quantitative estimate of drug-likeness (QED) is 0.839. The topological polar surface area (TPSA) is 67.4 Å². The van der Waals surface area contributed by atoms with Crippen LogP contribution in [0.3, 0.4) is 0 Å². The number of ether oxygens (including phenoxy) is 1. The van der Waals surface area contributed by atoms with Crippen LogP contribution in [0.2, 0.25) is 0 Å². The van der Waals surface area contributed by atoms with Crippen LogP contribution in [-0.4, -0.2) is 18.9 Å². The molecule has 2 N–H and O–H groups in total. The number of methoxy groups -OCH3 is 1. The molecule has 1 atom stereocenters. The average molecular weight is 340 g/mol. The van der Waals surface area contributed by atoms with Gasteiger partial charge in [-0.3, -0.25) is 9.59 Å². The zero-order valence-corrected chi connectivity index (χ0v) is 15.1. The largest absolute Gasteiger partial charge is 0.496 e. The van der Waals surface area contributed by atoms with Gasteiger partial charge in [-0.15, -0.1) is 0 Å². The number of hydrogen-bond acceptors (Lipinski definition) is 3. The zero-order chi connectivity index (χ0) is 18.4. The van der Waals surface area contributed by atoms with E-state index >= 15 is 0 Å². The predicted octanol–water partition coefficient (Wildman–Crippen LogP) is 3.84. The Morgan fingerprint density at radius 2 is 1.80 bits per heavy atom. The minimum atomic E-state index is -0.158. The highest BCUT2D eigenvalue weighted by Crippen LogP contribution is 2.20. The summed E-state index contributed by atoms with van der Waals surface area (Å²) in [7, 11) is 1.59. The Bertz CT molecular complexity index is 754. The molecule has 0 aliphatic heterocycles. The first-order valence-electron chi connectivity index (χ1n) is 8.30. The SMILES string of the molecule is CCC(=O)Nc1ccc(C(C)NC(=O)c2ccc(C)c(OC)c2)cc1. The number of anilines is 1. The molecule has 0 aliphatic carbocycles. The van der Waals surface area contributed by atoms with Gasteiger partial charge in [-0.05, 0) is 49.2 Å². The van der Waals surface area contributed by atoms with Gasteiger partial charge in [0, 0.05) is 17.7 Å². The van der Waals surface area contributed by atoms with Gasteiger partial charge < -0.3 is 15.4 Å². The first-order chi connectivity index (χ1) is 11.9. The van der Waals surface area contributed by atoms with Crippen molar-refractivity contribution < 1.29 is 14.3 Å². The summed E-state index contributed by atoms with van der Waals surface area (Å²) in [5, 5.41) is 5.77. The van der Waals surface area contributed by atoms with Crippen molar-refractivity contribution >= 4 is 17.5 Å². The lowest BCUT2D eigenvalue weighted by molar-refractivity contribution is -0.115. The van der Waals surface area contributed by atoms with Crippen LogP contribution in [0.25, 0.3) is 0 Å². The van der Waals surface area contributed by atoms with Gasteiger partial charge >= 0.3 is 0 Å². The van der Waals surface area contributed by atoms with Crippen LogP contribution in [0.5, 0.6) is 5.75 Å². The summed E-state index contributed by atoms with van der Waals surface area (Å²) < 4.78 is 5.26. The Morgan fingerprint density at radius 3 is 2.40 bits per heavy atom. The molecule has 2 aromatic carbocycles. The molecular formula is C20H24N2O3. The monoisotopic (exact) mass is 340 g/mol. The second kappa shape index (κ2) is 8.33. The van der Waals surface area contributed by atoms with Crippen molar-refractivity contribution in [3.63, 3.8) is 0 Å². The van der Waals surface area contributed by atoms with E-state index in [4.69, 9.17) is 4.74 Å². The first-order valence-corrected chi connectivity index (χ1v) is 8.30. The number of aryl methyl sites for hydroxylation is 1. The molecule has 0 saturated carbocycles. The van der Waals surface area contributed by atoms with E-state index in [2.05, 4.69) is 10.6 Å². The van der Waals surface area contributed by atoms with Crippen molar-refractivity contribution in [1.82, 2.24) is 5.32 Å². The van der Waals surface area contributed by atoms with Gasteiger partial charge in [0.05, 0.1) is 13.2 Å². The van der Waals surface area contributed by atoms with Crippen molar-refractivity contribution in [3.8, 4) is 5.75 Å². The molecule has 0 bridgehead atoms. The van der Waals surface area contributed by atoms with Gasteiger partial charge in [0.2, 0.25) is 5.91 Å². The van der Waals surface area contributed by atoms with Crippen molar-refractivity contribution in [1.29, 1.82) is 0 Å². The third-order valence-electron chi connectivity index (χ3n) is 4.03. The number of amides is 2. The molecule has 0 aromatic heterocycles. The number of benzene rings is 2. The van der Waals surface area contributed by atoms with E-state index in [1.807, 2.05) is 44.2 Å². The molecule has 2 aromatic rings. The van der Waals surface area contributed by atoms with Gasteiger partial charge in [0.15, 0.2) is 0 Å². The molecular weight excluding hydrogens is 316 g/mol. The van der Waals surface area contributed by atoms with Gasteiger partial charge in [0.1, 0.15) is 5.75 Å². The fraction of sp³-hybridized carbons (Fsp3) is 0.300. The van der Waals surface area contributed by atoms with Gasteiger partial charge in [-0.1, -0.05) is 25.1 Å². The molecule has 0 spiro atoms. The Morgan fingerprint density at radius 1 is 1.12 bits per heavy atom. The minimum absolute atomic E-state index is 0.0255. The zero-order valence-electron chi connectivity index (χ0n) is 15.1. The lowest BCUT2D eigenvalue weighted by atomic mass is 10.1. The Balaban J connectivity index is 2.04. The lowest BCUT2D eigenvalue weighted by Crippen LogP contribution is -2.26. The van der Waals surface area contributed by atoms with Crippen LogP contribution < -0.4 is 15.4 Å². The molecule has 1 unspecified atom stereocenters. The molecule has 0 aliphatic rings. The molecule has 0 saturated heterocycles. The number of carbonyl (C=O) groups is 2. The highest BCUT2D eigenvalue weighted by molar-refractivity contribution is 5.95. The molecule has 132 valence electrons. The molecule has 5 heteroatoms. The van der Waals surface area contributed by atoms with E-state index in [9.17, 15) is 9.59 Å². The summed E-state index contributed by atoms with van der Waals surface area (Å²) in [5.74, 6) is 0.507. The molecule has 0 radical (unpaired) electrons. The van der Waals surface area contributed by atoms with E-state index in [1.165, 1.54) is 0 Å². The predicted molar refractivity (Wildman–Crippen MR) is 99.0 cm³/mol. The molecule has 5 nitrogen and oxygen atoms in total. The van der Waals surface area contributed by atoms with Gasteiger partial charge in [-0.2, -0.15) is 0 Å². The maximum atomic E-state index is 12.4. The van der Waals surface area contributed by atoms with Crippen molar-refractivity contribution in [2.75, 3.05) is 12.4 Å². The van der Waals surface area contributed by atoms with Crippen molar-refractivity contribution in [2.24, 2.45) is 0 Å². The van der Waals surface area contributed by atoms with E-state index < -0.39 is 0 Å².